The third-order valence-corrected chi connectivity index (χ3v) is 6.02. The fourth-order valence-electron chi connectivity index (χ4n) is 1.72. The Balaban J connectivity index is 2.32. The van der Waals surface area contributed by atoms with Gasteiger partial charge in [0.15, 0.2) is 0 Å². The van der Waals surface area contributed by atoms with E-state index in [1.807, 2.05) is 6.92 Å². The van der Waals surface area contributed by atoms with E-state index in [0.717, 1.165) is 11.5 Å². The molecule has 0 radical (unpaired) electrons. The van der Waals surface area contributed by atoms with Gasteiger partial charge in [-0.2, -0.15) is 16.1 Å². The summed E-state index contributed by atoms with van der Waals surface area (Å²) >= 11 is 7.43. The number of thioether (sulfide) groups is 1. The molecule has 0 aromatic carbocycles. The molecule has 2 heterocycles. The number of nitrogens with zero attached hydrogens (tertiary/aromatic N) is 2. The van der Waals surface area contributed by atoms with Crippen LogP contribution in [0.5, 0.6) is 0 Å². The highest BCUT2D eigenvalue weighted by Gasteiger charge is 2.31. The van der Waals surface area contributed by atoms with Crippen LogP contribution in [0, 0.1) is 0 Å². The van der Waals surface area contributed by atoms with E-state index in [1.54, 1.807) is 11.8 Å². The van der Waals surface area contributed by atoms with E-state index in [0.29, 0.717) is 11.7 Å². The van der Waals surface area contributed by atoms with E-state index in [4.69, 9.17) is 11.6 Å². The Labute approximate surface area is 110 Å². The number of aromatic nitrogens is 1. The number of sulfonamides is 1. The molecule has 17 heavy (non-hydrogen) atoms. The van der Waals surface area contributed by atoms with Crippen LogP contribution in [0.2, 0.25) is 5.15 Å². The highest BCUT2D eigenvalue weighted by atomic mass is 35.5. The van der Waals surface area contributed by atoms with Crippen LogP contribution in [0.3, 0.4) is 0 Å². The zero-order valence-corrected chi connectivity index (χ0v) is 11.7. The average Bonchev–Trinajstić information content (AvgIpc) is 2.30. The Kier molecular flexibility index (Phi) is 3.97. The van der Waals surface area contributed by atoms with E-state index in [-0.39, 0.29) is 10.9 Å². The summed E-state index contributed by atoms with van der Waals surface area (Å²) in [6.07, 6.45) is 1.31. The molecule has 1 aliphatic rings. The number of pyridine rings is 1. The van der Waals surface area contributed by atoms with Crippen LogP contribution in [0.25, 0.3) is 0 Å². The molecule has 7 heteroatoms. The van der Waals surface area contributed by atoms with E-state index in [2.05, 4.69) is 4.98 Å². The third-order valence-electron chi connectivity index (χ3n) is 2.61. The van der Waals surface area contributed by atoms with E-state index >= 15 is 0 Å². The van der Waals surface area contributed by atoms with Crippen molar-refractivity contribution < 1.29 is 8.42 Å². The number of hydrogen-bond acceptors (Lipinski definition) is 4. The van der Waals surface area contributed by atoms with Crippen LogP contribution in [0.15, 0.2) is 23.2 Å². The van der Waals surface area contributed by atoms with Crippen molar-refractivity contribution in [3.05, 3.63) is 23.5 Å². The summed E-state index contributed by atoms with van der Waals surface area (Å²) in [5.41, 5.74) is 0. The summed E-state index contributed by atoms with van der Waals surface area (Å²) in [4.78, 5) is 4.03. The number of halogens is 1. The van der Waals surface area contributed by atoms with Crippen molar-refractivity contribution in [3.63, 3.8) is 0 Å². The molecule has 94 valence electrons. The van der Waals surface area contributed by atoms with Crippen molar-refractivity contribution in [2.24, 2.45) is 0 Å². The van der Waals surface area contributed by atoms with Gasteiger partial charge in [-0.15, -0.1) is 0 Å². The second-order valence-electron chi connectivity index (χ2n) is 3.86. The topological polar surface area (TPSA) is 50.3 Å². The number of hydrogen-bond donors (Lipinski definition) is 0. The molecule has 2 rings (SSSR count). The first kappa shape index (κ1) is 13.1. The van der Waals surface area contributed by atoms with Crippen LogP contribution in [0.1, 0.15) is 6.92 Å². The van der Waals surface area contributed by atoms with Crippen LogP contribution in [0.4, 0.5) is 0 Å². The Morgan fingerprint density at radius 1 is 1.53 bits per heavy atom. The molecular formula is C10H13ClN2O2S2. The van der Waals surface area contributed by atoms with E-state index in [9.17, 15) is 8.42 Å². The van der Waals surface area contributed by atoms with Gasteiger partial charge < -0.3 is 0 Å². The first-order valence-electron chi connectivity index (χ1n) is 5.23. The Morgan fingerprint density at radius 2 is 2.29 bits per heavy atom. The molecule has 1 aliphatic heterocycles. The molecule has 0 bridgehead atoms. The molecule has 1 aromatic heterocycles. The van der Waals surface area contributed by atoms with Crippen LogP contribution >= 0.6 is 23.4 Å². The second kappa shape index (κ2) is 5.14. The maximum absolute atomic E-state index is 12.3. The Morgan fingerprint density at radius 3 is 2.88 bits per heavy atom. The molecule has 1 atom stereocenters. The van der Waals surface area contributed by atoms with Gasteiger partial charge >= 0.3 is 0 Å². The fraction of sp³-hybridized carbons (Fsp3) is 0.500. The van der Waals surface area contributed by atoms with Gasteiger partial charge in [0.05, 0.1) is 0 Å². The van der Waals surface area contributed by atoms with Gasteiger partial charge in [-0.1, -0.05) is 11.6 Å². The zero-order valence-electron chi connectivity index (χ0n) is 9.34. The van der Waals surface area contributed by atoms with E-state index < -0.39 is 10.0 Å². The SMILES string of the molecule is CC1CSCCN1S(=O)(=O)c1ccc(Cl)nc1. The van der Waals surface area contributed by atoms with Crippen molar-refractivity contribution in [1.82, 2.24) is 9.29 Å². The summed E-state index contributed by atoms with van der Waals surface area (Å²) in [5, 5.41) is 0.297. The average molecular weight is 293 g/mol. The second-order valence-corrected chi connectivity index (χ2v) is 7.28. The lowest BCUT2D eigenvalue weighted by atomic mass is 10.4. The lowest BCUT2D eigenvalue weighted by Gasteiger charge is -2.31. The van der Waals surface area contributed by atoms with Crippen LogP contribution in [-0.4, -0.2) is 41.8 Å². The lowest BCUT2D eigenvalue weighted by molar-refractivity contribution is 0.367. The molecule has 0 N–H and O–H groups in total. The summed E-state index contributed by atoms with van der Waals surface area (Å²) in [6.45, 7) is 2.48. The first-order valence-corrected chi connectivity index (χ1v) is 8.20. The lowest BCUT2D eigenvalue weighted by Crippen LogP contribution is -2.44. The van der Waals surface area contributed by atoms with Crippen molar-refractivity contribution >= 4 is 33.4 Å². The molecule has 0 spiro atoms. The first-order chi connectivity index (χ1) is 8.01. The predicted octanol–water partition coefficient (Wildman–Crippen LogP) is 1.86. The van der Waals surface area contributed by atoms with Crippen molar-refractivity contribution in [2.45, 2.75) is 17.9 Å². The molecule has 1 aromatic rings. The summed E-state index contributed by atoms with van der Waals surface area (Å²) in [7, 11) is -3.43. The minimum Gasteiger partial charge on any atom is -0.243 e. The third kappa shape index (κ3) is 2.76. The van der Waals surface area contributed by atoms with Gasteiger partial charge in [0.1, 0.15) is 10.0 Å². The maximum atomic E-state index is 12.3. The largest absolute Gasteiger partial charge is 0.244 e. The predicted molar refractivity (Wildman–Crippen MR) is 69.9 cm³/mol. The summed E-state index contributed by atoms with van der Waals surface area (Å²) in [5.74, 6) is 1.67. The Hall–Kier alpha value is -0.300. The highest BCUT2D eigenvalue weighted by molar-refractivity contribution is 7.99. The van der Waals surface area contributed by atoms with E-state index in [1.165, 1.54) is 22.6 Å². The normalized spacial score (nSPS) is 22.6. The van der Waals surface area contributed by atoms with Gasteiger partial charge in [0.2, 0.25) is 10.0 Å². The van der Waals surface area contributed by atoms with Crippen LogP contribution in [-0.2, 0) is 10.0 Å². The quantitative estimate of drug-likeness (QED) is 0.781. The maximum Gasteiger partial charge on any atom is 0.244 e. The summed E-state index contributed by atoms with van der Waals surface area (Å²) < 4.78 is 26.2. The number of rotatable bonds is 2. The molecule has 0 aliphatic carbocycles. The minimum absolute atomic E-state index is 0.0226. The van der Waals surface area contributed by atoms with Crippen molar-refractivity contribution in [2.75, 3.05) is 18.1 Å². The molecule has 1 saturated heterocycles. The van der Waals surface area contributed by atoms with Gasteiger partial charge in [-0.3, -0.25) is 0 Å². The van der Waals surface area contributed by atoms with Crippen molar-refractivity contribution in [3.8, 4) is 0 Å². The minimum atomic E-state index is -3.43. The molecular weight excluding hydrogens is 280 g/mol. The van der Waals surface area contributed by atoms with Gasteiger partial charge in [0.25, 0.3) is 0 Å². The molecule has 0 saturated carbocycles. The summed E-state index contributed by atoms with van der Waals surface area (Å²) in [6, 6.07) is 3.02. The van der Waals surface area contributed by atoms with Gasteiger partial charge in [0, 0.05) is 30.3 Å². The smallest absolute Gasteiger partial charge is 0.243 e. The van der Waals surface area contributed by atoms with Gasteiger partial charge in [-0.05, 0) is 19.1 Å². The monoisotopic (exact) mass is 292 g/mol. The van der Waals surface area contributed by atoms with Gasteiger partial charge in [-0.25, -0.2) is 13.4 Å². The van der Waals surface area contributed by atoms with Crippen molar-refractivity contribution in [1.29, 1.82) is 0 Å². The zero-order chi connectivity index (χ0) is 12.5. The van der Waals surface area contributed by atoms with Crippen LogP contribution < -0.4 is 0 Å². The molecule has 1 fully saturated rings. The Bertz CT molecular complexity index is 490. The standard InChI is InChI=1S/C10H13ClN2O2S2/c1-8-7-16-5-4-13(8)17(14,15)9-2-3-10(11)12-6-9/h2-3,6,8H,4-5,7H2,1H3. The molecule has 0 amide bonds. The molecule has 4 nitrogen and oxygen atoms in total. The fourth-order valence-corrected chi connectivity index (χ4v) is 4.63. The highest BCUT2D eigenvalue weighted by Crippen LogP contribution is 2.24. The molecule has 1 unspecified atom stereocenters.